The number of carbonyl (C=O) groups excluding carboxylic acids is 1. The van der Waals surface area contributed by atoms with Gasteiger partial charge in [0.1, 0.15) is 76.7 Å². The smallest absolute Gasteiger partial charge is 0.331 e. The van der Waals surface area contributed by atoms with Crippen LogP contribution < -0.4 is 14.9 Å². The van der Waals surface area contributed by atoms with Crippen molar-refractivity contribution >= 4 is 23.0 Å². The number of aliphatic hydroxyl groups excluding tert-OH is 5. The third-order valence-corrected chi connectivity index (χ3v) is 9.22. The number of fused-ring (bicyclic) bond motifs is 1. The zero-order chi connectivity index (χ0) is 39.7. The van der Waals surface area contributed by atoms with Gasteiger partial charge >= 0.3 is 5.97 Å². The molecule has 3 heterocycles. The minimum atomic E-state index is -1.95. The highest BCUT2D eigenvalue weighted by Gasteiger charge is 2.51. The second kappa shape index (κ2) is 16.1. The van der Waals surface area contributed by atoms with Gasteiger partial charge in [-0.15, -0.1) is 0 Å². The minimum absolute atomic E-state index is 0.0343. The molecule has 0 saturated carbocycles. The van der Waals surface area contributed by atoms with E-state index in [2.05, 4.69) is 0 Å². The lowest BCUT2D eigenvalue weighted by Gasteiger charge is -2.45. The van der Waals surface area contributed by atoms with Crippen molar-refractivity contribution in [3.05, 3.63) is 76.0 Å². The van der Waals surface area contributed by atoms with Gasteiger partial charge in [-0.3, -0.25) is 4.79 Å². The number of esters is 1. The van der Waals surface area contributed by atoms with Crippen molar-refractivity contribution in [2.24, 2.45) is 0 Å². The predicted octanol–water partition coefficient (Wildman–Crippen LogP) is 0.542. The van der Waals surface area contributed by atoms with E-state index in [1.165, 1.54) is 56.7 Å². The summed E-state index contributed by atoms with van der Waals surface area (Å²) in [5, 5.41) is 95.5. The summed E-state index contributed by atoms with van der Waals surface area (Å²) in [5.74, 6) is -2.62. The largest absolute Gasteiger partial charge is 0.508 e. The van der Waals surface area contributed by atoms with Gasteiger partial charge in [0.05, 0.1) is 33.0 Å². The lowest BCUT2D eigenvalue weighted by atomic mass is 9.89. The van der Waals surface area contributed by atoms with Crippen LogP contribution in [0, 0.1) is 0 Å². The first-order valence-electron chi connectivity index (χ1n) is 16.7. The minimum Gasteiger partial charge on any atom is -0.508 e. The molecule has 55 heavy (non-hydrogen) atoms. The molecule has 4 aromatic rings. The van der Waals surface area contributed by atoms with Crippen molar-refractivity contribution in [3.63, 3.8) is 0 Å². The van der Waals surface area contributed by atoms with E-state index in [1.807, 2.05) is 0 Å². The average molecular weight is 771 g/mol. The quantitative estimate of drug-likeness (QED) is 0.0786. The Kier molecular flexibility index (Phi) is 11.5. The summed E-state index contributed by atoms with van der Waals surface area (Å²) in [6, 6.07) is 10.6. The Labute approximate surface area is 310 Å². The van der Waals surface area contributed by atoms with Crippen LogP contribution >= 0.6 is 0 Å². The number of methoxy groups -OCH3 is 2. The van der Waals surface area contributed by atoms with Crippen LogP contribution in [0.3, 0.4) is 0 Å². The van der Waals surface area contributed by atoms with Crippen LogP contribution in [0.15, 0.2) is 63.8 Å². The number of hydrogen-bond donors (Lipinski definition) is 9. The van der Waals surface area contributed by atoms with Gasteiger partial charge in [0, 0.05) is 23.8 Å². The van der Waals surface area contributed by atoms with Gasteiger partial charge < -0.3 is 78.8 Å². The highest BCUT2D eigenvalue weighted by atomic mass is 16.7. The van der Waals surface area contributed by atoms with Crippen LogP contribution in [-0.4, -0.2) is 128 Å². The maximum Gasteiger partial charge on any atom is 0.331 e. The maximum absolute atomic E-state index is 13.3. The fraction of sp³-hybridized carbons (Fsp3) is 0.351. The molecule has 18 nitrogen and oxygen atoms in total. The molecule has 0 bridgehead atoms. The summed E-state index contributed by atoms with van der Waals surface area (Å²) in [6.07, 6.45) is -13.5. The van der Waals surface area contributed by atoms with Crippen molar-refractivity contribution < 1.29 is 83.6 Å². The van der Waals surface area contributed by atoms with E-state index in [0.717, 1.165) is 18.2 Å². The Morgan fingerprint density at radius 3 is 2.18 bits per heavy atom. The van der Waals surface area contributed by atoms with Crippen LogP contribution in [0.2, 0.25) is 0 Å². The Hall–Kier alpha value is -5.44. The van der Waals surface area contributed by atoms with Crippen LogP contribution in [0.1, 0.15) is 17.2 Å². The van der Waals surface area contributed by atoms with Crippen molar-refractivity contribution in [2.45, 2.75) is 55.1 Å². The summed E-state index contributed by atoms with van der Waals surface area (Å²) >= 11 is 0. The zero-order valence-electron chi connectivity index (χ0n) is 29.1. The fourth-order valence-corrected chi connectivity index (χ4v) is 6.34. The summed E-state index contributed by atoms with van der Waals surface area (Å²) in [4.78, 5) is 26.0. The maximum atomic E-state index is 13.3. The Balaban J connectivity index is 1.22. The van der Waals surface area contributed by atoms with Crippen molar-refractivity contribution in [1.29, 1.82) is 0 Å². The number of rotatable bonds is 10. The van der Waals surface area contributed by atoms with Gasteiger partial charge in [0.2, 0.25) is 5.75 Å². The monoisotopic (exact) mass is 770 g/mol. The molecular weight excluding hydrogens is 732 g/mol. The topological polar surface area (TPSA) is 285 Å². The SMILES string of the molecule is COc1cc(/C=C/C(=O)O[C@H]2CO[C@@H](O[C@@H]3[C@@H](O)[C@H](O)[C@@H](CO)O[C@H]3c3c(O)cc4oc(-c5ccc(O)cc5)cc(=O)c4c3O)[C@H](O)[C@H]2O)cc(OC)c1O. The molecule has 0 spiro atoms. The van der Waals surface area contributed by atoms with Crippen LogP contribution in [0.25, 0.3) is 28.4 Å². The number of benzene rings is 3. The van der Waals surface area contributed by atoms with E-state index in [1.54, 1.807) is 0 Å². The average Bonchev–Trinajstić information content (AvgIpc) is 3.16. The fourth-order valence-electron chi connectivity index (χ4n) is 6.34. The molecule has 294 valence electrons. The molecule has 0 unspecified atom stereocenters. The van der Waals surface area contributed by atoms with E-state index in [0.29, 0.717) is 11.1 Å². The van der Waals surface area contributed by atoms with E-state index in [4.69, 9.17) is 32.8 Å². The van der Waals surface area contributed by atoms with Crippen LogP contribution in [0.5, 0.6) is 34.5 Å². The van der Waals surface area contributed by atoms with Gasteiger partial charge in [0.25, 0.3) is 0 Å². The summed E-state index contributed by atoms with van der Waals surface area (Å²) < 4.78 is 38.4. The molecule has 0 radical (unpaired) electrons. The Bertz CT molecular complexity index is 2090. The molecule has 2 aliphatic rings. The molecule has 9 atom stereocenters. The number of carbonyl (C=O) groups is 1. The standard InChI is InChI=1S/C37H38O18/c1-49-22-9-15(10-23(50-2)29(22)43)3-8-26(42)53-25-14-51-37(34(48)31(25)45)55-36-33(47)30(44)24(13-38)54-35(36)28-19(41)12-21-27(32(28)46)18(40)11-20(52-21)16-4-6-17(39)7-5-16/h3-12,24-25,30-31,33-39,41,43-48H,13-14H2,1-2H3/b8-3+/t24-,25+,30-,31+,33+,34-,35+,36-,37+/m1/s1. The molecule has 6 rings (SSSR count). The first-order valence-corrected chi connectivity index (χ1v) is 16.7. The number of phenolic OH excluding ortho intramolecular Hbond substituents is 4. The zero-order valence-corrected chi connectivity index (χ0v) is 29.1. The third-order valence-electron chi connectivity index (χ3n) is 9.22. The van der Waals surface area contributed by atoms with E-state index in [9.17, 15) is 55.5 Å². The lowest BCUT2D eigenvalue weighted by molar-refractivity contribution is -0.325. The van der Waals surface area contributed by atoms with Crippen molar-refractivity contribution in [2.75, 3.05) is 27.4 Å². The van der Waals surface area contributed by atoms with Crippen molar-refractivity contribution in [3.8, 4) is 45.8 Å². The Morgan fingerprint density at radius 1 is 0.873 bits per heavy atom. The molecule has 3 aromatic carbocycles. The first-order chi connectivity index (χ1) is 26.3. The molecule has 2 fully saturated rings. The third kappa shape index (κ3) is 7.75. The molecule has 0 aliphatic carbocycles. The molecule has 1 aromatic heterocycles. The second-order valence-electron chi connectivity index (χ2n) is 12.7. The molecule has 2 aliphatic heterocycles. The number of ether oxygens (including phenoxy) is 6. The second-order valence-corrected chi connectivity index (χ2v) is 12.7. The summed E-state index contributed by atoms with van der Waals surface area (Å²) in [6.45, 7) is -1.39. The van der Waals surface area contributed by atoms with Crippen molar-refractivity contribution in [1.82, 2.24) is 0 Å². The van der Waals surface area contributed by atoms with Gasteiger partial charge in [0.15, 0.2) is 29.3 Å². The van der Waals surface area contributed by atoms with Crippen LogP contribution in [0.4, 0.5) is 0 Å². The molecule has 0 amide bonds. The van der Waals surface area contributed by atoms with Crippen LogP contribution in [-0.2, 0) is 23.7 Å². The normalized spacial score (nSPS) is 26.9. The first kappa shape index (κ1) is 39.3. The number of phenols is 4. The van der Waals surface area contributed by atoms with Gasteiger partial charge in [-0.05, 0) is 48.0 Å². The Morgan fingerprint density at radius 2 is 1.55 bits per heavy atom. The van der Waals surface area contributed by atoms with Gasteiger partial charge in [-0.2, -0.15) is 0 Å². The summed E-state index contributed by atoms with van der Waals surface area (Å²) in [5.41, 5.74) is -0.754. The predicted molar refractivity (Wildman–Crippen MR) is 186 cm³/mol. The molecule has 18 heteroatoms. The van der Waals surface area contributed by atoms with E-state index in [-0.39, 0.29) is 34.3 Å². The van der Waals surface area contributed by atoms with E-state index < -0.39 is 102 Å². The lowest BCUT2D eigenvalue weighted by Crippen LogP contribution is -2.60. The van der Waals surface area contributed by atoms with Gasteiger partial charge in [-0.1, -0.05) is 0 Å². The van der Waals surface area contributed by atoms with Gasteiger partial charge in [-0.25, -0.2) is 4.79 Å². The molecule has 9 N–H and O–H groups in total. The molecular formula is C37H38O18. The number of hydrogen-bond acceptors (Lipinski definition) is 18. The highest BCUT2D eigenvalue weighted by Crippen LogP contribution is 2.46. The molecule has 2 saturated heterocycles. The summed E-state index contributed by atoms with van der Waals surface area (Å²) in [7, 11) is 2.65. The number of aliphatic hydroxyl groups is 5. The highest BCUT2D eigenvalue weighted by molar-refractivity contribution is 5.88. The number of aromatic hydroxyl groups is 4. The van der Waals surface area contributed by atoms with E-state index >= 15 is 0 Å².